The summed E-state index contributed by atoms with van der Waals surface area (Å²) in [6.07, 6.45) is 2.60. The highest BCUT2D eigenvalue weighted by molar-refractivity contribution is 7.86. The first-order chi connectivity index (χ1) is 30.9. The lowest BCUT2D eigenvalue weighted by Crippen LogP contribution is -2.06. The summed E-state index contributed by atoms with van der Waals surface area (Å²) in [5, 5.41) is 19.0. The fourth-order valence-electron chi connectivity index (χ4n) is 6.32. The van der Waals surface area contributed by atoms with Gasteiger partial charge in [-0.15, -0.1) is 0 Å². The molecule has 0 amide bonds. The Morgan fingerprint density at radius 3 is 0.891 bits per heavy atom. The Labute approximate surface area is 368 Å². The molecule has 16 nitrogen and oxygen atoms in total. The molecule has 0 spiro atoms. The molecule has 2 heterocycles. The maximum Gasteiger partial charge on any atom is 0.295 e. The van der Waals surface area contributed by atoms with Crippen LogP contribution >= 0.6 is 0 Å². The van der Waals surface area contributed by atoms with Gasteiger partial charge in [0.25, 0.3) is 20.2 Å². The van der Waals surface area contributed by atoms with Crippen molar-refractivity contribution in [2.75, 3.05) is 31.9 Å². The van der Waals surface area contributed by atoms with E-state index in [-0.39, 0.29) is 34.4 Å². The predicted octanol–water partition coefficient (Wildman–Crippen LogP) is 10.4. The van der Waals surface area contributed by atoms with E-state index in [1.807, 2.05) is 121 Å². The number of aromatic nitrogens is 4. The van der Waals surface area contributed by atoms with E-state index >= 15 is 0 Å². The van der Waals surface area contributed by atoms with Gasteiger partial charge in [0.1, 0.15) is 33.1 Å². The lowest BCUT2D eigenvalue weighted by Gasteiger charge is -2.14. The van der Waals surface area contributed by atoms with Crippen molar-refractivity contribution in [2.24, 2.45) is 0 Å². The van der Waals surface area contributed by atoms with Gasteiger partial charge in [0, 0.05) is 46.3 Å². The minimum atomic E-state index is -4.84. The molecule has 2 aromatic heterocycles. The summed E-state index contributed by atoms with van der Waals surface area (Å²) >= 11 is 0. The number of anilines is 12. The molecule has 6 aromatic carbocycles. The number of rotatable bonds is 16. The van der Waals surface area contributed by atoms with E-state index in [2.05, 4.69) is 51.8 Å². The third kappa shape index (κ3) is 11.4. The normalized spacial score (nSPS) is 11.5. The van der Waals surface area contributed by atoms with Crippen LogP contribution in [-0.4, -0.2) is 45.9 Å². The maximum atomic E-state index is 12.8. The van der Waals surface area contributed by atoms with Gasteiger partial charge in [-0.2, -0.15) is 36.8 Å². The quantitative estimate of drug-likeness (QED) is 0.0333. The van der Waals surface area contributed by atoms with Crippen LogP contribution in [0, 0.1) is 0 Å². The van der Waals surface area contributed by atoms with Crippen LogP contribution in [0.2, 0.25) is 0 Å². The van der Waals surface area contributed by atoms with E-state index in [9.17, 15) is 25.9 Å². The molecule has 8 N–H and O–H groups in total. The molecular weight excluding hydrogens is 853 g/mol. The second kappa shape index (κ2) is 18.8. The first-order valence-corrected chi connectivity index (χ1v) is 22.3. The van der Waals surface area contributed by atoms with Crippen molar-refractivity contribution in [3.8, 4) is 0 Å². The highest BCUT2D eigenvalue weighted by Crippen LogP contribution is 2.30. The van der Waals surface area contributed by atoms with Gasteiger partial charge in [-0.05, 0) is 83.9 Å². The van der Waals surface area contributed by atoms with Crippen LogP contribution < -0.4 is 31.9 Å². The summed E-state index contributed by atoms with van der Waals surface area (Å²) in [7, 11) is -9.67. The number of benzene rings is 6. The maximum absolute atomic E-state index is 12.8. The molecule has 8 aromatic rings. The smallest absolute Gasteiger partial charge is 0.295 e. The van der Waals surface area contributed by atoms with E-state index in [1.54, 1.807) is 12.1 Å². The van der Waals surface area contributed by atoms with Crippen LogP contribution in [0.1, 0.15) is 11.1 Å². The molecular formula is C46H38N10O6S2. The number of nitrogens with zero attached hydrogens (tertiary/aromatic N) is 4. The van der Waals surface area contributed by atoms with Crippen LogP contribution in [0.3, 0.4) is 0 Å². The highest BCUT2D eigenvalue weighted by atomic mass is 32.2. The van der Waals surface area contributed by atoms with Gasteiger partial charge in [-0.25, -0.2) is 0 Å². The first-order valence-electron chi connectivity index (χ1n) is 19.4. The van der Waals surface area contributed by atoms with Gasteiger partial charge in [-0.3, -0.25) is 9.11 Å². The molecule has 320 valence electrons. The first kappa shape index (κ1) is 42.5. The average molecular weight is 891 g/mol. The number of para-hydroxylation sites is 4. The van der Waals surface area contributed by atoms with Gasteiger partial charge in [0.2, 0.25) is 11.9 Å². The Bertz CT molecular complexity index is 2840. The zero-order valence-corrected chi connectivity index (χ0v) is 35.1. The van der Waals surface area contributed by atoms with Crippen LogP contribution in [0.5, 0.6) is 0 Å². The second-order valence-electron chi connectivity index (χ2n) is 13.9. The Kier molecular flexibility index (Phi) is 12.5. The van der Waals surface area contributed by atoms with Crippen molar-refractivity contribution in [2.45, 2.75) is 9.79 Å². The third-order valence-corrected chi connectivity index (χ3v) is 11.0. The Morgan fingerprint density at radius 1 is 0.344 bits per heavy atom. The van der Waals surface area contributed by atoms with Gasteiger partial charge in [0.05, 0.1) is 0 Å². The van der Waals surface area contributed by atoms with Gasteiger partial charge >= 0.3 is 0 Å². The summed E-state index contributed by atoms with van der Waals surface area (Å²) in [6, 6.07) is 49.2. The minimum absolute atomic E-state index is 0.0120. The second-order valence-corrected chi connectivity index (χ2v) is 16.7. The summed E-state index contributed by atoms with van der Waals surface area (Å²) in [5.41, 5.74) is 3.54. The van der Waals surface area contributed by atoms with Crippen molar-refractivity contribution in [3.63, 3.8) is 0 Å². The topological polar surface area (TPSA) is 232 Å². The molecule has 0 saturated carbocycles. The van der Waals surface area contributed by atoms with Crippen LogP contribution in [0.4, 0.5) is 69.3 Å². The van der Waals surface area contributed by atoms with Crippen molar-refractivity contribution in [1.82, 2.24) is 19.9 Å². The van der Waals surface area contributed by atoms with Crippen LogP contribution in [0.25, 0.3) is 12.2 Å². The molecule has 0 fully saturated rings. The molecule has 0 bridgehead atoms. The SMILES string of the molecule is O=S(=O)(O)c1cc(Nc2nc(Nc3ccccc3)cc(Nc3ccccc3)n2)ccc1/C=C/c1ccc(Nc2nc(Nc3ccccc3)cc(Nc3ccccc3)n2)cc1S(=O)(=O)O. The minimum Gasteiger partial charge on any atom is -0.340 e. The fourth-order valence-corrected chi connectivity index (χ4v) is 7.74. The molecule has 0 radical (unpaired) electrons. The molecule has 8 rings (SSSR count). The van der Waals surface area contributed by atoms with Gasteiger partial charge in [-0.1, -0.05) is 97.1 Å². The molecule has 0 aliphatic carbocycles. The summed E-state index contributed by atoms with van der Waals surface area (Å²) in [4.78, 5) is 17.3. The Balaban J connectivity index is 1.07. The Hall–Kier alpha value is -8.16. The molecule has 64 heavy (non-hydrogen) atoms. The lowest BCUT2D eigenvalue weighted by atomic mass is 10.1. The highest BCUT2D eigenvalue weighted by Gasteiger charge is 2.19. The van der Waals surface area contributed by atoms with E-state index in [4.69, 9.17) is 0 Å². The zero-order valence-electron chi connectivity index (χ0n) is 33.5. The number of hydrogen-bond donors (Lipinski definition) is 8. The largest absolute Gasteiger partial charge is 0.340 e. The third-order valence-electron chi connectivity index (χ3n) is 9.17. The van der Waals surface area contributed by atoms with Crippen LogP contribution in [-0.2, 0) is 20.2 Å². The molecule has 0 aliphatic heterocycles. The van der Waals surface area contributed by atoms with E-state index in [1.165, 1.54) is 48.6 Å². The number of hydrogen-bond acceptors (Lipinski definition) is 14. The van der Waals surface area contributed by atoms with E-state index in [0.717, 1.165) is 22.7 Å². The predicted molar refractivity (Wildman–Crippen MR) is 251 cm³/mol. The molecule has 0 atom stereocenters. The Morgan fingerprint density at radius 2 is 0.625 bits per heavy atom. The number of nitrogens with one attached hydrogen (secondary N) is 6. The van der Waals surface area contributed by atoms with Crippen molar-refractivity contribution < 1.29 is 25.9 Å². The lowest BCUT2D eigenvalue weighted by molar-refractivity contribution is 0.480. The van der Waals surface area contributed by atoms with Crippen LogP contribution in [0.15, 0.2) is 180 Å². The van der Waals surface area contributed by atoms with Gasteiger partial charge < -0.3 is 31.9 Å². The summed E-state index contributed by atoms with van der Waals surface area (Å²) in [5.74, 6) is 1.92. The molecule has 0 saturated heterocycles. The summed E-state index contributed by atoms with van der Waals surface area (Å²) in [6.45, 7) is 0. The van der Waals surface area contributed by atoms with Gasteiger partial charge in [0.15, 0.2) is 0 Å². The van der Waals surface area contributed by atoms with Crippen molar-refractivity contribution in [1.29, 1.82) is 0 Å². The molecule has 18 heteroatoms. The standard InChI is InChI=1S/C46H38N10O6S2/c57-63(58,59)39-27-37(51-45-53-41(47-33-13-5-1-6-14-33)29-42(54-45)48-34-15-7-2-8-16-34)25-23-31(39)21-22-32-24-26-38(28-40(32)64(60,61)62)52-46-55-43(49-35-17-9-3-10-18-35)30-44(56-46)50-36-19-11-4-12-20-36/h1-30H,(H,57,58,59)(H,60,61,62)(H3,47,48,51,53,54)(H3,49,50,52,55,56)/b22-21+. The van der Waals surface area contributed by atoms with Crippen molar-refractivity contribution >= 4 is 102 Å². The molecule has 0 aliphatic rings. The van der Waals surface area contributed by atoms with E-state index in [0.29, 0.717) is 23.3 Å². The monoisotopic (exact) mass is 890 g/mol. The molecule has 0 unspecified atom stereocenters. The van der Waals surface area contributed by atoms with Crippen molar-refractivity contribution in [3.05, 3.63) is 181 Å². The van der Waals surface area contributed by atoms with E-state index < -0.39 is 30.0 Å². The zero-order chi connectivity index (χ0) is 44.5. The summed E-state index contributed by atoms with van der Waals surface area (Å²) < 4.78 is 71.7. The fraction of sp³-hybridized carbons (Fsp3) is 0. The average Bonchev–Trinajstić information content (AvgIpc) is 3.27.